The molecule has 0 aromatic heterocycles. The van der Waals surface area contributed by atoms with Crippen LogP contribution in [0, 0.1) is 0 Å². The minimum absolute atomic E-state index is 0.0160. The van der Waals surface area contributed by atoms with E-state index in [0.717, 1.165) is 17.1 Å². The number of hydrogen-bond donors (Lipinski definition) is 1. The van der Waals surface area contributed by atoms with E-state index in [9.17, 15) is 4.79 Å². The Balaban J connectivity index is 1.84. The maximum Gasteiger partial charge on any atom is 0.251 e. The van der Waals surface area contributed by atoms with Crippen molar-refractivity contribution in [1.82, 2.24) is 5.32 Å². The summed E-state index contributed by atoms with van der Waals surface area (Å²) >= 11 is 0. The van der Waals surface area contributed by atoms with E-state index in [2.05, 4.69) is 32.2 Å². The molecule has 0 bridgehead atoms. The number of ether oxygens (including phenoxy) is 2. The molecule has 0 saturated carbocycles. The summed E-state index contributed by atoms with van der Waals surface area (Å²) in [5.41, 5.74) is 1.79. The monoisotopic (exact) mass is 341 g/mol. The summed E-state index contributed by atoms with van der Waals surface area (Å²) in [7, 11) is 0. The molecule has 0 spiro atoms. The Morgan fingerprint density at radius 2 is 1.68 bits per heavy atom. The minimum Gasteiger partial charge on any atom is -0.494 e. The predicted molar refractivity (Wildman–Crippen MR) is 101 cm³/mol. The van der Waals surface area contributed by atoms with Crippen LogP contribution in [0.3, 0.4) is 0 Å². The fourth-order valence-electron chi connectivity index (χ4n) is 2.51. The van der Waals surface area contributed by atoms with E-state index in [0.29, 0.717) is 25.3 Å². The molecule has 0 aliphatic carbocycles. The van der Waals surface area contributed by atoms with Gasteiger partial charge in [-0.25, -0.2) is 0 Å². The number of para-hydroxylation sites is 1. The van der Waals surface area contributed by atoms with E-state index in [1.54, 1.807) is 24.3 Å². The number of carbonyl (C=O) groups is 1. The van der Waals surface area contributed by atoms with Crippen LogP contribution >= 0.6 is 0 Å². The summed E-state index contributed by atoms with van der Waals surface area (Å²) in [4.78, 5) is 12.1. The van der Waals surface area contributed by atoms with E-state index in [-0.39, 0.29) is 11.3 Å². The van der Waals surface area contributed by atoms with Gasteiger partial charge >= 0.3 is 0 Å². The fourth-order valence-corrected chi connectivity index (χ4v) is 2.51. The van der Waals surface area contributed by atoms with Gasteiger partial charge in [0.15, 0.2) is 0 Å². The predicted octanol–water partition coefficient (Wildman–Crippen LogP) is 4.19. The molecule has 1 N–H and O–H groups in total. The van der Waals surface area contributed by atoms with Crippen molar-refractivity contribution < 1.29 is 14.3 Å². The Morgan fingerprint density at radius 1 is 1.00 bits per heavy atom. The van der Waals surface area contributed by atoms with Crippen molar-refractivity contribution in [2.45, 2.75) is 33.1 Å². The molecular formula is C21H27NO3. The van der Waals surface area contributed by atoms with Crippen molar-refractivity contribution in [3.63, 3.8) is 0 Å². The summed E-state index contributed by atoms with van der Waals surface area (Å²) in [5, 5.41) is 2.87. The van der Waals surface area contributed by atoms with Crippen molar-refractivity contribution in [2.75, 3.05) is 19.8 Å². The lowest BCUT2D eigenvalue weighted by Crippen LogP contribution is -2.28. The standard InChI is InChI=1S/C21H27NO3/c1-5-24-17-12-10-16(11-13-17)20(23)22-14-15-25-19-9-7-6-8-18(19)21(2,3)4/h6-13H,5,14-15H2,1-4H3,(H,22,23). The van der Waals surface area contributed by atoms with Crippen molar-refractivity contribution in [1.29, 1.82) is 0 Å². The second-order valence-corrected chi connectivity index (χ2v) is 6.81. The van der Waals surface area contributed by atoms with E-state index >= 15 is 0 Å². The molecule has 2 aromatic carbocycles. The quantitative estimate of drug-likeness (QED) is 0.768. The van der Waals surface area contributed by atoms with Crippen molar-refractivity contribution in [3.05, 3.63) is 59.7 Å². The third-order valence-electron chi connectivity index (χ3n) is 3.77. The van der Waals surface area contributed by atoms with Crippen LogP contribution in [0.5, 0.6) is 11.5 Å². The van der Waals surface area contributed by atoms with Gasteiger partial charge in [-0.2, -0.15) is 0 Å². The third kappa shape index (κ3) is 5.52. The third-order valence-corrected chi connectivity index (χ3v) is 3.77. The molecule has 2 aromatic rings. The lowest BCUT2D eigenvalue weighted by molar-refractivity contribution is 0.0947. The Kier molecular flexibility index (Phi) is 6.45. The first kappa shape index (κ1) is 18.8. The van der Waals surface area contributed by atoms with Gasteiger partial charge < -0.3 is 14.8 Å². The molecule has 0 saturated heterocycles. The van der Waals surface area contributed by atoms with Crippen LogP contribution in [0.15, 0.2) is 48.5 Å². The maximum absolute atomic E-state index is 12.1. The van der Waals surface area contributed by atoms with Gasteiger partial charge in [-0.05, 0) is 48.2 Å². The topological polar surface area (TPSA) is 47.6 Å². The van der Waals surface area contributed by atoms with Crippen LogP contribution < -0.4 is 14.8 Å². The van der Waals surface area contributed by atoms with Crippen LogP contribution in [0.2, 0.25) is 0 Å². The van der Waals surface area contributed by atoms with Gasteiger partial charge in [0.05, 0.1) is 13.2 Å². The van der Waals surface area contributed by atoms with Crippen LogP contribution in [0.4, 0.5) is 0 Å². The van der Waals surface area contributed by atoms with Gasteiger partial charge in [-0.15, -0.1) is 0 Å². The highest BCUT2D eigenvalue weighted by Gasteiger charge is 2.18. The zero-order valence-corrected chi connectivity index (χ0v) is 15.5. The smallest absolute Gasteiger partial charge is 0.251 e. The van der Waals surface area contributed by atoms with Crippen molar-refractivity contribution in [2.24, 2.45) is 0 Å². The Morgan fingerprint density at radius 3 is 2.32 bits per heavy atom. The number of carbonyl (C=O) groups excluding carboxylic acids is 1. The lowest BCUT2D eigenvalue weighted by Gasteiger charge is -2.22. The Hall–Kier alpha value is -2.49. The first-order valence-corrected chi connectivity index (χ1v) is 8.65. The van der Waals surface area contributed by atoms with Gasteiger partial charge in [0.2, 0.25) is 0 Å². The second kappa shape index (κ2) is 8.56. The fraction of sp³-hybridized carbons (Fsp3) is 0.381. The lowest BCUT2D eigenvalue weighted by atomic mass is 9.86. The molecule has 4 heteroatoms. The summed E-state index contributed by atoms with van der Waals surface area (Å²) in [6, 6.07) is 15.1. The van der Waals surface area contributed by atoms with E-state index in [1.165, 1.54) is 0 Å². The van der Waals surface area contributed by atoms with Crippen LogP contribution in [-0.2, 0) is 5.41 Å². The average Bonchev–Trinajstić information content (AvgIpc) is 2.59. The largest absolute Gasteiger partial charge is 0.494 e. The van der Waals surface area contributed by atoms with Crippen molar-refractivity contribution >= 4 is 5.91 Å². The van der Waals surface area contributed by atoms with Gasteiger partial charge in [0.1, 0.15) is 18.1 Å². The molecule has 0 fully saturated rings. The molecule has 0 aliphatic heterocycles. The van der Waals surface area contributed by atoms with Gasteiger partial charge in [0.25, 0.3) is 5.91 Å². The SMILES string of the molecule is CCOc1ccc(C(=O)NCCOc2ccccc2C(C)(C)C)cc1. The molecular weight excluding hydrogens is 314 g/mol. The molecule has 0 radical (unpaired) electrons. The normalized spacial score (nSPS) is 11.0. The zero-order chi connectivity index (χ0) is 18.3. The summed E-state index contributed by atoms with van der Waals surface area (Å²) in [6.07, 6.45) is 0. The van der Waals surface area contributed by atoms with Gasteiger partial charge in [-0.3, -0.25) is 4.79 Å². The number of hydrogen-bond acceptors (Lipinski definition) is 3. The van der Waals surface area contributed by atoms with Crippen molar-refractivity contribution in [3.8, 4) is 11.5 Å². The van der Waals surface area contributed by atoms with Gasteiger partial charge in [-0.1, -0.05) is 39.0 Å². The zero-order valence-electron chi connectivity index (χ0n) is 15.5. The highest BCUT2D eigenvalue weighted by Crippen LogP contribution is 2.30. The molecule has 0 aliphatic rings. The number of amides is 1. The number of rotatable bonds is 7. The molecule has 4 nitrogen and oxygen atoms in total. The minimum atomic E-state index is -0.115. The summed E-state index contributed by atoms with van der Waals surface area (Å²) in [5.74, 6) is 1.52. The molecule has 0 atom stereocenters. The molecule has 0 unspecified atom stereocenters. The average molecular weight is 341 g/mol. The first-order chi connectivity index (χ1) is 11.9. The molecule has 25 heavy (non-hydrogen) atoms. The Bertz CT molecular complexity index is 687. The first-order valence-electron chi connectivity index (χ1n) is 8.65. The number of nitrogens with one attached hydrogen (secondary N) is 1. The Labute approximate surface area is 150 Å². The van der Waals surface area contributed by atoms with Crippen LogP contribution in [-0.4, -0.2) is 25.7 Å². The number of benzene rings is 2. The second-order valence-electron chi connectivity index (χ2n) is 6.81. The maximum atomic E-state index is 12.1. The van der Waals surface area contributed by atoms with Crippen LogP contribution in [0.25, 0.3) is 0 Å². The highest BCUT2D eigenvalue weighted by atomic mass is 16.5. The molecule has 0 heterocycles. The summed E-state index contributed by atoms with van der Waals surface area (Å²) < 4.78 is 11.2. The van der Waals surface area contributed by atoms with E-state index in [1.807, 2.05) is 25.1 Å². The van der Waals surface area contributed by atoms with E-state index in [4.69, 9.17) is 9.47 Å². The van der Waals surface area contributed by atoms with Crippen LogP contribution in [0.1, 0.15) is 43.6 Å². The molecule has 1 amide bonds. The highest BCUT2D eigenvalue weighted by molar-refractivity contribution is 5.94. The van der Waals surface area contributed by atoms with Gasteiger partial charge in [0, 0.05) is 5.56 Å². The molecule has 2 rings (SSSR count). The molecule has 134 valence electrons. The van der Waals surface area contributed by atoms with E-state index < -0.39 is 0 Å². The summed E-state index contributed by atoms with van der Waals surface area (Å²) in [6.45, 7) is 9.88.